The monoisotopic (exact) mass is 337 g/mol. The standard InChI is InChI=1S/C16H8BrN3O/c17-11-6-9-5-10(8-18)16-19-12-3-1-2-4-13(12)20(16)14(9)7-15(11)21/h1-7,21H. The van der Waals surface area contributed by atoms with Crippen molar-refractivity contribution in [1.82, 2.24) is 9.38 Å². The van der Waals surface area contributed by atoms with E-state index in [1.807, 2.05) is 28.7 Å². The molecule has 0 amide bonds. The Morgan fingerprint density at radius 3 is 2.76 bits per heavy atom. The Bertz CT molecular complexity index is 1080. The lowest BCUT2D eigenvalue weighted by molar-refractivity contribution is 0.472. The van der Waals surface area contributed by atoms with Crippen LogP contribution in [0.3, 0.4) is 0 Å². The molecule has 0 atom stereocenters. The minimum Gasteiger partial charge on any atom is -0.507 e. The number of benzene rings is 2. The lowest BCUT2D eigenvalue weighted by Gasteiger charge is -2.07. The molecule has 0 aliphatic rings. The second-order valence-corrected chi connectivity index (χ2v) is 5.65. The van der Waals surface area contributed by atoms with E-state index in [1.54, 1.807) is 18.2 Å². The quantitative estimate of drug-likeness (QED) is 0.527. The summed E-state index contributed by atoms with van der Waals surface area (Å²) in [5.41, 5.74) is 3.67. The van der Waals surface area contributed by atoms with Gasteiger partial charge in [-0.2, -0.15) is 5.26 Å². The van der Waals surface area contributed by atoms with Gasteiger partial charge >= 0.3 is 0 Å². The van der Waals surface area contributed by atoms with Crippen molar-refractivity contribution in [3.63, 3.8) is 0 Å². The molecular weight excluding hydrogens is 330 g/mol. The van der Waals surface area contributed by atoms with Gasteiger partial charge in [-0.1, -0.05) is 12.1 Å². The van der Waals surface area contributed by atoms with Gasteiger partial charge in [0.05, 0.1) is 26.6 Å². The van der Waals surface area contributed by atoms with Crippen molar-refractivity contribution in [2.45, 2.75) is 0 Å². The third-order valence-corrected chi connectivity index (χ3v) is 4.19. The number of hydrogen-bond donors (Lipinski definition) is 1. The molecule has 0 aliphatic carbocycles. The van der Waals surface area contributed by atoms with E-state index in [0.717, 1.165) is 21.9 Å². The van der Waals surface area contributed by atoms with Gasteiger partial charge < -0.3 is 5.11 Å². The summed E-state index contributed by atoms with van der Waals surface area (Å²) in [5.74, 6) is 0.159. The van der Waals surface area contributed by atoms with Gasteiger partial charge in [0.1, 0.15) is 11.8 Å². The van der Waals surface area contributed by atoms with Gasteiger partial charge in [0.2, 0.25) is 0 Å². The molecule has 4 rings (SSSR count). The summed E-state index contributed by atoms with van der Waals surface area (Å²) in [7, 11) is 0. The number of aromatic hydroxyl groups is 1. The predicted molar refractivity (Wildman–Crippen MR) is 84.3 cm³/mol. The Morgan fingerprint density at radius 2 is 1.95 bits per heavy atom. The van der Waals surface area contributed by atoms with Crippen LogP contribution in [0.4, 0.5) is 0 Å². The zero-order valence-corrected chi connectivity index (χ0v) is 12.3. The van der Waals surface area contributed by atoms with Gasteiger partial charge in [-0.25, -0.2) is 4.98 Å². The van der Waals surface area contributed by atoms with E-state index in [-0.39, 0.29) is 5.75 Å². The lowest BCUT2D eigenvalue weighted by atomic mass is 10.1. The minimum atomic E-state index is 0.159. The maximum Gasteiger partial charge on any atom is 0.156 e. The van der Waals surface area contributed by atoms with Crippen LogP contribution in [-0.2, 0) is 0 Å². The number of phenolic OH excluding ortho intramolecular Hbond substituents is 1. The summed E-state index contributed by atoms with van der Waals surface area (Å²) < 4.78 is 2.51. The van der Waals surface area contributed by atoms with Crippen LogP contribution in [0, 0.1) is 11.3 Å². The summed E-state index contributed by atoms with van der Waals surface area (Å²) in [6.07, 6.45) is 0. The number of imidazole rings is 1. The fraction of sp³-hybridized carbons (Fsp3) is 0. The van der Waals surface area contributed by atoms with Crippen LogP contribution >= 0.6 is 15.9 Å². The van der Waals surface area contributed by atoms with Gasteiger partial charge in [0, 0.05) is 11.5 Å². The topological polar surface area (TPSA) is 61.3 Å². The smallest absolute Gasteiger partial charge is 0.156 e. The van der Waals surface area contributed by atoms with Crippen molar-refractivity contribution in [2.24, 2.45) is 0 Å². The maximum atomic E-state index is 9.97. The Kier molecular flexibility index (Phi) is 2.44. The van der Waals surface area contributed by atoms with Crippen LogP contribution in [0.5, 0.6) is 5.75 Å². The molecule has 5 heteroatoms. The van der Waals surface area contributed by atoms with Gasteiger partial charge in [-0.3, -0.25) is 4.40 Å². The molecule has 2 heterocycles. The Morgan fingerprint density at radius 1 is 1.14 bits per heavy atom. The second-order valence-electron chi connectivity index (χ2n) is 4.79. The number of rotatable bonds is 0. The summed E-state index contributed by atoms with van der Waals surface area (Å²) in [4.78, 5) is 4.54. The van der Waals surface area contributed by atoms with Gasteiger partial charge in [0.15, 0.2) is 5.65 Å². The number of nitrogens with zero attached hydrogens (tertiary/aromatic N) is 3. The van der Waals surface area contributed by atoms with Crippen molar-refractivity contribution < 1.29 is 5.11 Å². The second kappa shape index (κ2) is 4.21. The molecule has 0 unspecified atom stereocenters. The molecule has 0 saturated heterocycles. The van der Waals surface area contributed by atoms with Crippen LogP contribution in [0.15, 0.2) is 46.9 Å². The van der Waals surface area contributed by atoms with E-state index in [4.69, 9.17) is 0 Å². The van der Waals surface area contributed by atoms with Crippen LogP contribution in [0.1, 0.15) is 5.56 Å². The van der Waals surface area contributed by atoms with E-state index in [1.165, 1.54) is 0 Å². The summed E-state index contributed by atoms with van der Waals surface area (Å²) in [6, 6.07) is 15.2. The highest BCUT2D eigenvalue weighted by Gasteiger charge is 2.13. The molecule has 1 N–H and O–H groups in total. The number of para-hydroxylation sites is 2. The van der Waals surface area contributed by atoms with Crippen molar-refractivity contribution >= 4 is 43.5 Å². The van der Waals surface area contributed by atoms with Crippen molar-refractivity contribution in [3.8, 4) is 11.8 Å². The van der Waals surface area contributed by atoms with E-state index in [2.05, 4.69) is 27.0 Å². The summed E-state index contributed by atoms with van der Waals surface area (Å²) in [6.45, 7) is 0. The van der Waals surface area contributed by atoms with Crippen molar-refractivity contribution in [3.05, 3.63) is 52.5 Å². The molecule has 0 spiro atoms. The first-order valence-electron chi connectivity index (χ1n) is 6.31. The first-order chi connectivity index (χ1) is 10.2. The number of phenols is 1. The fourth-order valence-electron chi connectivity index (χ4n) is 2.63. The van der Waals surface area contributed by atoms with Gasteiger partial charge in [-0.15, -0.1) is 0 Å². The molecule has 0 aliphatic heterocycles. The molecule has 2 aromatic heterocycles. The highest BCUT2D eigenvalue weighted by atomic mass is 79.9. The zero-order valence-electron chi connectivity index (χ0n) is 10.7. The molecule has 2 aromatic carbocycles. The van der Waals surface area contributed by atoms with Crippen LogP contribution < -0.4 is 0 Å². The molecule has 0 radical (unpaired) electrons. The predicted octanol–water partition coefficient (Wildman–Crippen LogP) is 3.98. The molecule has 0 bridgehead atoms. The van der Waals surface area contributed by atoms with Gasteiger partial charge in [-0.05, 0) is 40.2 Å². The molecule has 0 saturated carbocycles. The number of pyridine rings is 1. The van der Waals surface area contributed by atoms with Crippen LogP contribution in [0.2, 0.25) is 0 Å². The maximum absolute atomic E-state index is 9.97. The highest BCUT2D eigenvalue weighted by Crippen LogP contribution is 2.32. The fourth-order valence-corrected chi connectivity index (χ4v) is 2.99. The Labute approximate surface area is 128 Å². The first-order valence-corrected chi connectivity index (χ1v) is 7.11. The van der Waals surface area contributed by atoms with E-state index in [0.29, 0.717) is 15.7 Å². The zero-order chi connectivity index (χ0) is 14.6. The lowest BCUT2D eigenvalue weighted by Crippen LogP contribution is -1.92. The third kappa shape index (κ3) is 1.63. The van der Waals surface area contributed by atoms with Crippen LogP contribution in [-0.4, -0.2) is 14.5 Å². The first kappa shape index (κ1) is 12.2. The SMILES string of the molecule is N#Cc1cc2cc(Br)c(O)cc2n2c1nc1ccccc12. The van der Waals surface area contributed by atoms with Crippen molar-refractivity contribution in [2.75, 3.05) is 0 Å². The third-order valence-electron chi connectivity index (χ3n) is 3.56. The van der Waals surface area contributed by atoms with Gasteiger partial charge in [0.25, 0.3) is 0 Å². The molecule has 100 valence electrons. The Hall–Kier alpha value is -2.58. The number of nitriles is 1. The molecular formula is C16H8BrN3O. The average Bonchev–Trinajstić information content (AvgIpc) is 2.88. The molecule has 4 nitrogen and oxygen atoms in total. The van der Waals surface area contributed by atoms with E-state index < -0.39 is 0 Å². The minimum absolute atomic E-state index is 0.159. The van der Waals surface area contributed by atoms with Crippen molar-refractivity contribution in [1.29, 1.82) is 5.26 Å². The number of hydrogen-bond acceptors (Lipinski definition) is 3. The average molecular weight is 338 g/mol. The molecule has 21 heavy (non-hydrogen) atoms. The molecule has 4 aromatic rings. The summed E-state index contributed by atoms with van der Waals surface area (Å²) >= 11 is 3.31. The van der Waals surface area contributed by atoms with Crippen LogP contribution in [0.25, 0.3) is 27.6 Å². The summed E-state index contributed by atoms with van der Waals surface area (Å²) in [5, 5.41) is 20.2. The largest absolute Gasteiger partial charge is 0.507 e. The number of fused-ring (bicyclic) bond motifs is 5. The molecule has 0 fully saturated rings. The Balaban J connectivity index is 2.37. The number of halogens is 1. The highest BCUT2D eigenvalue weighted by molar-refractivity contribution is 9.10. The number of aromatic nitrogens is 2. The normalized spacial score (nSPS) is 11.2. The van der Waals surface area contributed by atoms with E-state index >= 15 is 0 Å². The van der Waals surface area contributed by atoms with E-state index in [9.17, 15) is 10.4 Å².